The number of ether oxygens (including phenoxy) is 1. The van der Waals surface area contributed by atoms with Gasteiger partial charge in [-0.3, -0.25) is 9.59 Å². The van der Waals surface area contributed by atoms with Gasteiger partial charge in [0.05, 0.1) is 26.7 Å². The average molecular weight is 538 g/mol. The zero-order valence-electron chi connectivity index (χ0n) is 19.9. The Labute approximate surface area is 213 Å². The molecule has 0 saturated heterocycles. The van der Waals surface area contributed by atoms with E-state index in [4.69, 9.17) is 16.3 Å². The highest BCUT2D eigenvalue weighted by Gasteiger charge is 2.23. The summed E-state index contributed by atoms with van der Waals surface area (Å²) in [6.45, 7) is 6.41. The summed E-state index contributed by atoms with van der Waals surface area (Å²) in [4.78, 5) is 29.8. The molecule has 35 heavy (non-hydrogen) atoms. The van der Waals surface area contributed by atoms with Crippen LogP contribution in [0.2, 0.25) is 5.02 Å². The lowest BCUT2D eigenvalue weighted by molar-refractivity contribution is -0.143. The highest BCUT2D eigenvalue weighted by atomic mass is 35.5. The Morgan fingerprint density at radius 1 is 1.11 bits per heavy atom. The number of sulfonamides is 1. The molecule has 0 bridgehead atoms. The second-order valence-corrected chi connectivity index (χ2v) is 11.0. The Kier molecular flexibility index (Phi) is 9.23. The van der Waals surface area contributed by atoms with Crippen LogP contribution in [-0.4, -0.2) is 48.9 Å². The van der Waals surface area contributed by atoms with Crippen molar-refractivity contribution in [2.45, 2.75) is 45.1 Å². The van der Waals surface area contributed by atoms with Crippen LogP contribution in [0, 0.1) is 0 Å². The number of unbranched alkanes of at least 4 members (excludes halogenated alkanes) is 1. The normalized spacial score (nSPS) is 12.4. The number of carbonyl (C=O) groups excluding carboxylic acids is 2. The molecule has 0 unspecified atom stereocenters. The van der Waals surface area contributed by atoms with Gasteiger partial charge in [0, 0.05) is 18.7 Å². The van der Waals surface area contributed by atoms with Crippen LogP contribution in [-0.2, 0) is 26.1 Å². The maximum atomic E-state index is 12.9. The molecule has 3 rings (SSSR count). The fourth-order valence-electron chi connectivity index (χ4n) is 3.51. The minimum atomic E-state index is -3.65. The maximum Gasteiger partial charge on any atom is 0.326 e. The molecule has 1 amide bonds. The van der Waals surface area contributed by atoms with Crippen LogP contribution in [0.4, 0.5) is 0 Å². The lowest BCUT2D eigenvalue weighted by Crippen LogP contribution is -2.31. The van der Waals surface area contributed by atoms with Gasteiger partial charge in [-0.25, -0.2) is 8.42 Å². The molecule has 1 heterocycles. The molecule has 2 aromatic carbocycles. The van der Waals surface area contributed by atoms with E-state index in [0.29, 0.717) is 28.4 Å². The number of thiazole rings is 1. The second kappa shape index (κ2) is 11.9. The molecular formula is C24H28ClN3O5S2. The maximum absolute atomic E-state index is 12.9. The molecule has 0 spiro atoms. The number of benzene rings is 2. The standard InChI is InChI=1S/C24H28ClN3O5S2/c1-4-7-15-27(5-2)35(31,32)18-13-11-17(12-14-18)23(30)26-24-28(16-21(29)33-6-3)22-19(25)9-8-10-20(22)34-24/h8-14H,4-7,15-16H2,1-3H3. The predicted octanol–water partition coefficient (Wildman–Crippen LogP) is 4.47. The highest BCUT2D eigenvalue weighted by Crippen LogP contribution is 2.25. The first-order chi connectivity index (χ1) is 16.7. The fraction of sp³-hybridized carbons (Fsp3) is 0.375. The summed E-state index contributed by atoms with van der Waals surface area (Å²) in [5.74, 6) is -1.04. The minimum absolute atomic E-state index is 0.123. The molecule has 0 N–H and O–H groups in total. The molecule has 0 aliphatic rings. The molecule has 188 valence electrons. The van der Waals surface area contributed by atoms with E-state index < -0.39 is 21.9 Å². The lowest BCUT2D eigenvalue weighted by atomic mass is 10.2. The van der Waals surface area contributed by atoms with Crippen molar-refractivity contribution >= 4 is 55.1 Å². The van der Waals surface area contributed by atoms with Crippen LogP contribution < -0.4 is 4.80 Å². The number of halogens is 1. The molecule has 0 fully saturated rings. The highest BCUT2D eigenvalue weighted by molar-refractivity contribution is 7.89. The van der Waals surface area contributed by atoms with E-state index in [1.54, 1.807) is 30.5 Å². The van der Waals surface area contributed by atoms with Crippen molar-refractivity contribution in [2.75, 3.05) is 19.7 Å². The van der Waals surface area contributed by atoms with Crippen molar-refractivity contribution in [3.05, 3.63) is 57.9 Å². The van der Waals surface area contributed by atoms with Crippen molar-refractivity contribution in [1.82, 2.24) is 8.87 Å². The lowest BCUT2D eigenvalue weighted by Gasteiger charge is -2.20. The summed E-state index contributed by atoms with van der Waals surface area (Å²) in [6.07, 6.45) is 1.66. The smallest absolute Gasteiger partial charge is 0.326 e. The SMILES string of the molecule is CCCCN(CC)S(=O)(=O)c1ccc(C(=O)N=c2sc3cccc(Cl)c3n2CC(=O)OCC)cc1. The third-order valence-electron chi connectivity index (χ3n) is 5.29. The number of nitrogens with zero attached hydrogens (tertiary/aromatic N) is 3. The van der Waals surface area contributed by atoms with Crippen molar-refractivity contribution in [3.8, 4) is 0 Å². The Morgan fingerprint density at radius 3 is 2.46 bits per heavy atom. The van der Waals surface area contributed by atoms with Crippen molar-refractivity contribution in [3.63, 3.8) is 0 Å². The summed E-state index contributed by atoms with van der Waals surface area (Å²) in [7, 11) is -3.65. The van der Waals surface area contributed by atoms with E-state index in [-0.39, 0.29) is 23.6 Å². The summed E-state index contributed by atoms with van der Waals surface area (Å²) in [5, 5.41) is 0.426. The Balaban J connectivity index is 1.96. The number of fused-ring (bicyclic) bond motifs is 1. The molecule has 1 aromatic heterocycles. The van der Waals surface area contributed by atoms with Gasteiger partial charge in [-0.2, -0.15) is 9.30 Å². The Bertz CT molecular complexity index is 1380. The zero-order valence-corrected chi connectivity index (χ0v) is 22.3. The molecule has 0 saturated carbocycles. The van der Waals surface area contributed by atoms with E-state index in [2.05, 4.69) is 4.99 Å². The number of aromatic nitrogens is 1. The van der Waals surface area contributed by atoms with Crippen molar-refractivity contribution in [2.24, 2.45) is 4.99 Å². The number of rotatable bonds is 10. The van der Waals surface area contributed by atoms with Gasteiger partial charge in [-0.05, 0) is 49.7 Å². The first-order valence-corrected chi connectivity index (χ1v) is 14.0. The van der Waals surface area contributed by atoms with Crippen molar-refractivity contribution in [1.29, 1.82) is 0 Å². The first-order valence-electron chi connectivity index (χ1n) is 11.4. The number of hydrogen-bond acceptors (Lipinski definition) is 6. The number of para-hydroxylation sites is 1. The van der Waals surface area contributed by atoms with Crippen LogP contribution in [0.25, 0.3) is 10.2 Å². The van der Waals surface area contributed by atoms with Crippen LogP contribution >= 0.6 is 22.9 Å². The summed E-state index contributed by atoms with van der Waals surface area (Å²) >= 11 is 7.59. The third kappa shape index (κ3) is 6.19. The molecule has 0 aliphatic heterocycles. The minimum Gasteiger partial charge on any atom is -0.465 e. The second-order valence-electron chi connectivity index (χ2n) is 7.65. The van der Waals surface area contributed by atoms with Gasteiger partial charge in [0.1, 0.15) is 6.54 Å². The number of carbonyl (C=O) groups is 2. The quantitative estimate of drug-likeness (QED) is 0.355. The van der Waals surface area contributed by atoms with Crippen molar-refractivity contribution < 1.29 is 22.7 Å². The molecule has 8 nitrogen and oxygen atoms in total. The molecule has 0 radical (unpaired) electrons. The Hall–Kier alpha value is -2.53. The predicted molar refractivity (Wildman–Crippen MR) is 137 cm³/mol. The topological polar surface area (TPSA) is 98.0 Å². The van der Waals surface area contributed by atoms with E-state index in [9.17, 15) is 18.0 Å². The summed E-state index contributed by atoms with van der Waals surface area (Å²) in [5.41, 5.74) is 0.818. The first kappa shape index (κ1) is 27.1. The van der Waals surface area contributed by atoms with Gasteiger partial charge in [0.25, 0.3) is 5.91 Å². The van der Waals surface area contributed by atoms with Crippen LogP contribution in [0.3, 0.4) is 0 Å². The van der Waals surface area contributed by atoms with Gasteiger partial charge in [0.2, 0.25) is 10.0 Å². The largest absolute Gasteiger partial charge is 0.465 e. The van der Waals surface area contributed by atoms with Crippen LogP contribution in [0.5, 0.6) is 0 Å². The van der Waals surface area contributed by atoms with Gasteiger partial charge in [0.15, 0.2) is 4.80 Å². The van der Waals surface area contributed by atoms with E-state index in [1.165, 1.54) is 39.9 Å². The van der Waals surface area contributed by atoms with E-state index in [1.807, 2.05) is 13.0 Å². The number of esters is 1. The molecule has 11 heteroatoms. The monoisotopic (exact) mass is 537 g/mol. The third-order valence-corrected chi connectivity index (χ3v) is 8.63. The van der Waals surface area contributed by atoms with E-state index >= 15 is 0 Å². The molecule has 0 aliphatic carbocycles. The Morgan fingerprint density at radius 2 is 1.83 bits per heavy atom. The number of hydrogen-bond donors (Lipinski definition) is 0. The van der Waals surface area contributed by atoms with Gasteiger partial charge in [-0.1, -0.05) is 49.3 Å². The van der Waals surface area contributed by atoms with Crippen LogP contribution in [0.1, 0.15) is 44.0 Å². The van der Waals surface area contributed by atoms with Gasteiger partial charge in [-0.15, -0.1) is 0 Å². The molecular weight excluding hydrogens is 510 g/mol. The van der Waals surface area contributed by atoms with Gasteiger partial charge < -0.3 is 9.30 Å². The fourth-order valence-corrected chi connectivity index (χ4v) is 6.38. The van der Waals surface area contributed by atoms with Crippen LogP contribution in [0.15, 0.2) is 52.4 Å². The summed E-state index contributed by atoms with van der Waals surface area (Å²) in [6, 6.07) is 11.0. The zero-order chi connectivity index (χ0) is 25.6. The van der Waals surface area contributed by atoms with Gasteiger partial charge >= 0.3 is 5.97 Å². The molecule has 3 aromatic rings. The summed E-state index contributed by atoms with van der Waals surface area (Å²) < 4.78 is 34.7. The van der Waals surface area contributed by atoms with E-state index in [0.717, 1.165) is 17.5 Å². The number of amides is 1. The molecule has 0 atom stereocenters. The average Bonchev–Trinajstić information content (AvgIpc) is 3.17.